The second-order valence-electron chi connectivity index (χ2n) is 6.95. The first-order valence-corrected chi connectivity index (χ1v) is 11.2. The Bertz CT molecular complexity index is 1120. The summed E-state index contributed by atoms with van der Waals surface area (Å²) in [5.74, 6) is 2.16. The van der Waals surface area contributed by atoms with Gasteiger partial charge in [0.1, 0.15) is 11.5 Å². The van der Waals surface area contributed by atoms with E-state index < -0.39 is 10.0 Å². The normalized spacial score (nSPS) is 15.0. The SMILES string of the molecule is COc1cc(Cc2nc(-c3ccc(S(=O)(=O)N4CCOCC4)cc3)no2)cc(OC)c1. The van der Waals surface area contributed by atoms with Crippen LogP contribution in [0, 0.1) is 0 Å². The standard InChI is InChI=1S/C21H23N3O6S/c1-27-17-11-15(12-18(14-17)28-2)13-20-22-21(23-30-20)16-3-5-19(6-4-16)31(25,26)24-7-9-29-10-8-24/h3-6,11-12,14H,7-10,13H2,1-2H3. The summed E-state index contributed by atoms with van der Waals surface area (Å²) >= 11 is 0. The quantitative estimate of drug-likeness (QED) is 0.546. The first-order valence-electron chi connectivity index (χ1n) is 9.72. The molecule has 0 aliphatic carbocycles. The predicted molar refractivity (Wildman–Crippen MR) is 112 cm³/mol. The zero-order valence-electron chi connectivity index (χ0n) is 17.3. The lowest BCUT2D eigenvalue weighted by Gasteiger charge is -2.26. The van der Waals surface area contributed by atoms with E-state index in [1.807, 2.05) is 12.1 Å². The van der Waals surface area contributed by atoms with Crippen molar-refractivity contribution in [1.29, 1.82) is 0 Å². The smallest absolute Gasteiger partial charge is 0.243 e. The molecular formula is C21H23N3O6S. The molecule has 0 bridgehead atoms. The van der Waals surface area contributed by atoms with Gasteiger partial charge in [-0.05, 0) is 42.0 Å². The van der Waals surface area contributed by atoms with Crippen LogP contribution < -0.4 is 9.47 Å². The van der Waals surface area contributed by atoms with Crippen LogP contribution in [0.3, 0.4) is 0 Å². The van der Waals surface area contributed by atoms with E-state index in [2.05, 4.69) is 10.1 Å². The lowest BCUT2D eigenvalue weighted by molar-refractivity contribution is 0.0730. The Morgan fingerprint density at radius 3 is 2.26 bits per heavy atom. The van der Waals surface area contributed by atoms with Crippen LogP contribution >= 0.6 is 0 Å². The van der Waals surface area contributed by atoms with Crippen molar-refractivity contribution in [2.75, 3.05) is 40.5 Å². The van der Waals surface area contributed by atoms with Gasteiger partial charge in [-0.3, -0.25) is 0 Å². The Labute approximate surface area is 180 Å². The summed E-state index contributed by atoms with van der Waals surface area (Å²) in [5, 5.41) is 4.02. The minimum atomic E-state index is -3.54. The Morgan fingerprint density at radius 2 is 1.65 bits per heavy atom. The molecule has 9 nitrogen and oxygen atoms in total. The fraction of sp³-hybridized carbons (Fsp3) is 0.333. The monoisotopic (exact) mass is 445 g/mol. The highest BCUT2D eigenvalue weighted by Gasteiger charge is 2.26. The second-order valence-corrected chi connectivity index (χ2v) is 8.89. The third-order valence-corrected chi connectivity index (χ3v) is 6.87. The van der Waals surface area contributed by atoms with Crippen molar-refractivity contribution in [3.05, 3.63) is 53.9 Å². The molecule has 1 aromatic heterocycles. The topological polar surface area (TPSA) is 104 Å². The van der Waals surface area contributed by atoms with E-state index in [9.17, 15) is 8.42 Å². The van der Waals surface area contributed by atoms with E-state index in [4.69, 9.17) is 18.7 Å². The summed E-state index contributed by atoms with van der Waals surface area (Å²) in [7, 11) is -0.365. The van der Waals surface area contributed by atoms with Crippen LogP contribution in [-0.4, -0.2) is 63.4 Å². The molecule has 10 heteroatoms. The van der Waals surface area contributed by atoms with Crippen molar-refractivity contribution in [2.45, 2.75) is 11.3 Å². The van der Waals surface area contributed by atoms with Gasteiger partial charge < -0.3 is 18.7 Å². The zero-order valence-corrected chi connectivity index (χ0v) is 18.1. The van der Waals surface area contributed by atoms with Gasteiger partial charge in [-0.1, -0.05) is 5.16 Å². The Kier molecular flexibility index (Phi) is 6.21. The van der Waals surface area contributed by atoms with Crippen LogP contribution in [0.4, 0.5) is 0 Å². The van der Waals surface area contributed by atoms with Crippen LogP contribution in [0.15, 0.2) is 51.9 Å². The molecule has 1 aliphatic heterocycles. The average Bonchev–Trinajstić information content (AvgIpc) is 3.27. The van der Waals surface area contributed by atoms with Gasteiger partial charge in [0.2, 0.25) is 21.7 Å². The zero-order chi connectivity index (χ0) is 21.8. The lowest BCUT2D eigenvalue weighted by Crippen LogP contribution is -2.40. The molecule has 0 N–H and O–H groups in total. The summed E-state index contributed by atoms with van der Waals surface area (Å²) in [5.41, 5.74) is 1.57. The van der Waals surface area contributed by atoms with Crippen molar-refractivity contribution in [3.63, 3.8) is 0 Å². The summed E-state index contributed by atoms with van der Waals surface area (Å²) < 4.78 is 48.1. The summed E-state index contributed by atoms with van der Waals surface area (Å²) in [6.07, 6.45) is 0.407. The maximum absolute atomic E-state index is 12.7. The van der Waals surface area contributed by atoms with Crippen LogP contribution in [0.5, 0.6) is 11.5 Å². The highest BCUT2D eigenvalue weighted by atomic mass is 32.2. The molecule has 0 radical (unpaired) electrons. The molecule has 3 aromatic rings. The lowest BCUT2D eigenvalue weighted by atomic mass is 10.1. The molecule has 1 aliphatic rings. The van der Waals surface area contributed by atoms with Gasteiger partial charge in [0.25, 0.3) is 0 Å². The Balaban J connectivity index is 1.50. The summed E-state index contributed by atoms with van der Waals surface area (Å²) in [6.45, 7) is 1.52. The number of benzene rings is 2. The van der Waals surface area contributed by atoms with Gasteiger partial charge in [0.05, 0.1) is 38.7 Å². The number of hydrogen-bond donors (Lipinski definition) is 0. The molecule has 164 valence electrons. The van der Waals surface area contributed by atoms with Crippen molar-refractivity contribution >= 4 is 10.0 Å². The molecule has 2 heterocycles. The second kappa shape index (κ2) is 9.04. The predicted octanol–water partition coefficient (Wildman–Crippen LogP) is 2.37. The molecule has 1 saturated heterocycles. The van der Waals surface area contributed by atoms with Crippen LogP contribution in [0.1, 0.15) is 11.5 Å². The number of ether oxygens (including phenoxy) is 3. The summed E-state index contributed by atoms with van der Waals surface area (Å²) in [4.78, 5) is 4.66. The van der Waals surface area contributed by atoms with E-state index in [0.717, 1.165) is 5.56 Å². The minimum absolute atomic E-state index is 0.227. The highest BCUT2D eigenvalue weighted by molar-refractivity contribution is 7.89. The van der Waals surface area contributed by atoms with Gasteiger partial charge in [-0.2, -0.15) is 9.29 Å². The average molecular weight is 445 g/mol. The first-order chi connectivity index (χ1) is 15.0. The molecule has 1 fully saturated rings. The first kappa shape index (κ1) is 21.3. The van der Waals surface area contributed by atoms with Gasteiger partial charge in [-0.15, -0.1) is 0 Å². The molecule has 0 unspecified atom stereocenters. The third-order valence-electron chi connectivity index (χ3n) is 4.96. The van der Waals surface area contributed by atoms with Crippen LogP contribution in [-0.2, 0) is 21.2 Å². The van der Waals surface area contributed by atoms with Crippen LogP contribution in [0.2, 0.25) is 0 Å². The Morgan fingerprint density at radius 1 is 1.00 bits per heavy atom. The van der Waals surface area contributed by atoms with Crippen LogP contribution in [0.25, 0.3) is 11.4 Å². The maximum Gasteiger partial charge on any atom is 0.243 e. The van der Waals surface area contributed by atoms with Crippen molar-refractivity contribution in [2.24, 2.45) is 0 Å². The minimum Gasteiger partial charge on any atom is -0.497 e. The Hall–Kier alpha value is -2.95. The third kappa shape index (κ3) is 4.71. The highest BCUT2D eigenvalue weighted by Crippen LogP contribution is 2.25. The van der Waals surface area contributed by atoms with E-state index in [-0.39, 0.29) is 4.90 Å². The fourth-order valence-corrected chi connectivity index (χ4v) is 4.71. The molecule has 0 spiro atoms. The molecule has 0 atom stereocenters. The number of aromatic nitrogens is 2. The number of rotatable bonds is 7. The van der Waals surface area contributed by atoms with E-state index in [1.54, 1.807) is 44.6 Å². The maximum atomic E-state index is 12.7. The summed E-state index contributed by atoms with van der Waals surface area (Å²) in [6, 6.07) is 12.0. The molecule has 4 rings (SSSR count). The van der Waals surface area contributed by atoms with Gasteiger partial charge in [0.15, 0.2) is 0 Å². The number of nitrogens with zero attached hydrogens (tertiary/aromatic N) is 3. The number of morpholine rings is 1. The van der Waals surface area contributed by atoms with E-state index >= 15 is 0 Å². The largest absolute Gasteiger partial charge is 0.497 e. The molecule has 31 heavy (non-hydrogen) atoms. The molecule has 0 amide bonds. The molecular weight excluding hydrogens is 422 g/mol. The van der Waals surface area contributed by atoms with E-state index in [1.165, 1.54) is 4.31 Å². The fourth-order valence-electron chi connectivity index (χ4n) is 3.30. The molecule has 0 saturated carbocycles. The number of hydrogen-bond acceptors (Lipinski definition) is 8. The van der Waals surface area contributed by atoms with Gasteiger partial charge in [0, 0.05) is 24.7 Å². The molecule has 2 aromatic carbocycles. The van der Waals surface area contributed by atoms with Gasteiger partial charge >= 0.3 is 0 Å². The van der Waals surface area contributed by atoms with E-state index in [0.29, 0.717) is 61.5 Å². The van der Waals surface area contributed by atoms with Crippen molar-refractivity contribution < 1.29 is 27.2 Å². The van der Waals surface area contributed by atoms with Crippen molar-refractivity contribution in [3.8, 4) is 22.9 Å². The van der Waals surface area contributed by atoms with Crippen molar-refractivity contribution in [1.82, 2.24) is 14.4 Å². The van der Waals surface area contributed by atoms with Gasteiger partial charge in [-0.25, -0.2) is 8.42 Å². The number of sulfonamides is 1. The number of methoxy groups -OCH3 is 2.